The van der Waals surface area contributed by atoms with E-state index in [4.69, 9.17) is 9.47 Å². The van der Waals surface area contributed by atoms with Gasteiger partial charge >= 0.3 is 0 Å². The Kier molecular flexibility index (Phi) is 6.94. The summed E-state index contributed by atoms with van der Waals surface area (Å²) in [6.45, 7) is 4.16. The van der Waals surface area contributed by atoms with E-state index >= 15 is 0 Å². The summed E-state index contributed by atoms with van der Waals surface area (Å²) >= 11 is 3.43. The van der Waals surface area contributed by atoms with Crippen molar-refractivity contribution in [2.75, 3.05) is 12.1 Å². The number of alkyl halides is 1. The van der Waals surface area contributed by atoms with Crippen LogP contribution in [0.15, 0.2) is 42.7 Å². The van der Waals surface area contributed by atoms with Gasteiger partial charge in [-0.2, -0.15) is 0 Å². The highest BCUT2D eigenvalue weighted by atomic mass is 79.9. The number of nitrogens with zero attached hydrogens (tertiary/aromatic N) is 2. The summed E-state index contributed by atoms with van der Waals surface area (Å²) in [5, 5.41) is 2.90. The van der Waals surface area contributed by atoms with Crippen LogP contribution < -0.4 is 14.8 Å². The third kappa shape index (κ3) is 4.40. The number of amides is 1. The summed E-state index contributed by atoms with van der Waals surface area (Å²) in [5.41, 5.74) is 1.57. The zero-order chi connectivity index (χ0) is 21.7. The second-order valence-electron chi connectivity index (χ2n) is 5.83. The smallest absolute Gasteiger partial charge is 0.262 e. The standard InChI is InChI=1S/C19H12BrF2N3O3.C2H6/c20-6-10-4-15-16(28-9-27-15)5-11(10)14-7-24-17(8-23-14)25-19(26)18-12(21)2-1-3-13(18)22;1-2/h1-5,7-8H,6,9H2,(H,24,25,26);1-2H3. The Labute approximate surface area is 180 Å². The predicted molar refractivity (Wildman–Crippen MR) is 112 cm³/mol. The molecule has 0 spiro atoms. The first-order chi connectivity index (χ1) is 14.6. The van der Waals surface area contributed by atoms with Gasteiger partial charge in [0.15, 0.2) is 17.3 Å². The molecule has 9 heteroatoms. The van der Waals surface area contributed by atoms with Crippen molar-refractivity contribution in [2.45, 2.75) is 19.2 Å². The Morgan fingerprint density at radius 3 is 2.37 bits per heavy atom. The lowest BCUT2D eigenvalue weighted by atomic mass is 10.1. The zero-order valence-corrected chi connectivity index (χ0v) is 17.8. The first kappa shape index (κ1) is 21.6. The minimum Gasteiger partial charge on any atom is -0.454 e. The SMILES string of the molecule is CC.O=C(Nc1cnc(-c2cc3c(cc2CBr)OCO3)cn1)c1c(F)cccc1F. The van der Waals surface area contributed by atoms with Crippen LogP contribution in [-0.4, -0.2) is 22.7 Å². The molecule has 3 aromatic rings. The first-order valence-corrected chi connectivity index (χ1v) is 10.2. The summed E-state index contributed by atoms with van der Waals surface area (Å²) in [6, 6.07) is 6.85. The molecule has 4 rings (SSSR count). The highest BCUT2D eigenvalue weighted by molar-refractivity contribution is 9.08. The number of rotatable bonds is 4. The summed E-state index contributed by atoms with van der Waals surface area (Å²) in [6.07, 6.45) is 2.77. The Bertz CT molecular complexity index is 1040. The van der Waals surface area contributed by atoms with E-state index in [-0.39, 0.29) is 12.6 Å². The third-order valence-electron chi connectivity index (χ3n) is 4.10. The number of hydrogen-bond donors (Lipinski definition) is 1. The summed E-state index contributed by atoms with van der Waals surface area (Å²) in [5.74, 6) is -1.52. The van der Waals surface area contributed by atoms with Gasteiger partial charge in [0.2, 0.25) is 6.79 Å². The minimum absolute atomic E-state index is 0.0672. The molecule has 0 saturated heterocycles. The molecular formula is C21H18BrF2N3O3. The van der Waals surface area contributed by atoms with E-state index in [2.05, 4.69) is 31.2 Å². The maximum Gasteiger partial charge on any atom is 0.262 e. The fourth-order valence-corrected chi connectivity index (χ4v) is 3.22. The number of ether oxygens (including phenoxy) is 2. The average Bonchev–Trinajstić information content (AvgIpc) is 3.22. The number of benzene rings is 2. The third-order valence-corrected chi connectivity index (χ3v) is 4.71. The monoisotopic (exact) mass is 477 g/mol. The van der Waals surface area contributed by atoms with Gasteiger partial charge in [-0.25, -0.2) is 13.8 Å². The van der Waals surface area contributed by atoms with Crippen molar-refractivity contribution in [3.63, 3.8) is 0 Å². The first-order valence-electron chi connectivity index (χ1n) is 9.13. The second-order valence-corrected chi connectivity index (χ2v) is 6.39. The van der Waals surface area contributed by atoms with Gasteiger partial charge in [-0.3, -0.25) is 9.78 Å². The molecule has 0 unspecified atom stereocenters. The van der Waals surface area contributed by atoms with E-state index in [1.54, 1.807) is 6.07 Å². The molecule has 2 heterocycles. The quantitative estimate of drug-likeness (QED) is 0.514. The molecule has 0 aliphatic carbocycles. The van der Waals surface area contributed by atoms with E-state index in [1.807, 2.05) is 19.9 Å². The Morgan fingerprint density at radius 1 is 1.10 bits per heavy atom. The molecule has 1 N–H and O–H groups in total. The van der Waals surface area contributed by atoms with Gasteiger partial charge in [0.05, 0.1) is 18.1 Å². The molecule has 0 atom stereocenters. The number of nitrogens with one attached hydrogen (secondary N) is 1. The maximum absolute atomic E-state index is 13.7. The van der Waals surface area contributed by atoms with Crippen LogP contribution in [0.2, 0.25) is 0 Å². The van der Waals surface area contributed by atoms with Crippen LogP contribution in [0, 0.1) is 11.6 Å². The summed E-state index contributed by atoms with van der Waals surface area (Å²) in [7, 11) is 0. The molecular weight excluding hydrogens is 460 g/mol. The van der Waals surface area contributed by atoms with Crippen LogP contribution in [0.25, 0.3) is 11.3 Å². The van der Waals surface area contributed by atoms with Crippen LogP contribution in [0.5, 0.6) is 11.5 Å². The Morgan fingerprint density at radius 2 is 1.77 bits per heavy atom. The molecule has 1 aliphatic rings. The van der Waals surface area contributed by atoms with E-state index in [1.165, 1.54) is 18.5 Å². The van der Waals surface area contributed by atoms with Gasteiger partial charge in [-0.05, 0) is 29.8 Å². The van der Waals surface area contributed by atoms with Crippen molar-refractivity contribution >= 4 is 27.7 Å². The molecule has 1 aliphatic heterocycles. The average molecular weight is 478 g/mol. The molecule has 0 fully saturated rings. The molecule has 2 aromatic carbocycles. The van der Waals surface area contributed by atoms with Crippen LogP contribution in [0.3, 0.4) is 0 Å². The zero-order valence-electron chi connectivity index (χ0n) is 16.2. The lowest BCUT2D eigenvalue weighted by Gasteiger charge is -2.10. The number of aromatic nitrogens is 2. The van der Waals surface area contributed by atoms with E-state index < -0.39 is 23.1 Å². The highest BCUT2D eigenvalue weighted by Gasteiger charge is 2.20. The lowest BCUT2D eigenvalue weighted by molar-refractivity contribution is 0.101. The van der Waals surface area contributed by atoms with Gasteiger partial charge in [-0.15, -0.1) is 0 Å². The lowest BCUT2D eigenvalue weighted by Crippen LogP contribution is -2.16. The topological polar surface area (TPSA) is 73.3 Å². The fraction of sp³-hybridized carbons (Fsp3) is 0.190. The van der Waals surface area contributed by atoms with Crippen molar-refractivity contribution in [3.8, 4) is 22.8 Å². The number of fused-ring (bicyclic) bond motifs is 1. The number of anilines is 1. The molecule has 6 nitrogen and oxygen atoms in total. The van der Waals surface area contributed by atoms with Crippen LogP contribution >= 0.6 is 15.9 Å². The molecule has 156 valence electrons. The van der Waals surface area contributed by atoms with Gasteiger partial charge < -0.3 is 14.8 Å². The van der Waals surface area contributed by atoms with E-state index in [9.17, 15) is 13.6 Å². The maximum atomic E-state index is 13.7. The fourth-order valence-electron chi connectivity index (χ4n) is 2.76. The van der Waals surface area contributed by atoms with Gasteiger partial charge in [-0.1, -0.05) is 35.8 Å². The summed E-state index contributed by atoms with van der Waals surface area (Å²) < 4.78 is 38.2. The van der Waals surface area contributed by atoms with Gasteiger partial charge in [0, 0.05) is 10.9 Å². The largest absolute Gasteiger partial charge is 0.454 e. The number of hydrogen-bond acceptors (Lipinski definition) is 5. The number of carbonyl (C=O) groups is 1. The molecule has 30 heavy (non-hydrogen) atoms. The molecule has 1 amide bonds. The number of halogens is 3. The molecule has 1 aromatic heterocycles. The van der Waals surface area contributed by atoms with Crippen molar-refractivity contribution in [1.29, 1.82) is 0 Å². The van der Waals surface area contributed by atoms with E-state index in [0.717, 1.165) is 23.3 Å². The van der Waals surface area contributed by atoms with Gasteiger partial charge in [0.1, 0.15) is 17.2 Å². The Balaban J connectivity index is 0.00000124. The van der Waals surface area contributed by atoms with Crippen LogP contribution in [-0.2, 0) is 5.33 Å². The van der Waals surface area contributed by atoms with Gasteiger partial charge in [0.25, 0.3) is 5.91 Å². The van der Waals surface area contributed by atoms with Crippen molar-refractivity contribution in [1.82, 2.24) is 9.97 Å². The molecule has 0 saturated carbocycles. The van der Waals surface area contributed by atoms with Crippen molar-refractivity contribution in [2.24, 2.45) is 0 Å². The molecule has 0 radical (unpaired) electrons. The summed E-state index contributed by atoms with van der Waals surface area (Å²) in [4.78, 5) is 20.6. The van der Waals surface area contributed by atoms with Crippen LogP contribution in [0.4, 0.5) is 14.6 Å². The molecule has 0 bridgehead atoms. The Hall–Kier alpha value is -3.07. The minimum atomic E-state index is -0.954. The van der Waals surface area contributed by atoms with Crippen molar-refractivity contribution < 1.29 is 23.0 Å². The number of carbonyl (C=O) groups excluding carboxylic acids is 1. The predicted octanol–water partition coefficient (Wildman–Crippen LogP) is 5.32. The van der Waals surface area contributed by atoms with E-state index in [0.29, 0.717) is 22.5 Å². The van der Waals surface area contributed by atoms with Crippen LogP contribution in [0.1, 0.15) is 29.8 Å². The van der Waals surface area contributed by atoms with Crippen molar-refractivity contribution in [3.05, 3.63) is 65.5 Å². The highest BCUT2D eigenvalue weighted by Crippen LogP contribution is 2.39. The second kappa shape index (κ2) is 9.62. The normalized spacial score (nSPS) is 11.5.